The first-order chi connectivity index (χ1) is 8.15. The number of nitrogens with one attached hydrogen (secondary N) is 1. The van der Waals surface area contributed by atoms with Crippen molar-refractivity contribution in [3.63, 3.8) is 0 Å². The van der Waals surface area contributed by atoms with Crippen LogP contribution < -0.4 is 5.32 Å². The summed E-state index contributed by atoms with van der Waals surface area (Å²) in [5, 5.41) is 3.39. The van der Waals surface area contributed by atoms with Crippen molar-refractivity contribution in [3.05, 3.63) is 55.8 Å². The number of anilines is 1. The number of nitrogens with zero attached hydrogens (tertiary/aromatic N) is 1. The molecule has 1 aromatic heterocycles. The lowest BCUT2D eigenvalue weighted by Gasteiger charge is -2.09. The molecule has 0 radical (unpaired) electrons. The Morgan fingerprint density at radius 1 is 1.18 bits per heavy atom. The molecule has 0 saturated heterocycles. The summed E-state index contributed by atoms with van der Waals surface area (Å²) in [7, 11) is 0. The summed E-state index contributed by atoms with van der Waals surface area (Å²) in [4.78, 5) is 4.35. The van der Waals surface area contributed by atoms with Gasteiger partial charge in [0.1, 0.15) is 4.60 Å². The normalized spacial score (nSPS) is 10.3. The minimum absolute atomic E-state index is 0.821. The van der Waals surface area contributed by atoms with Gasteiger partial charge in [-0.2, -0.15) is 0 Å². The number of aryl methyl sites for hydroxylation is 1. The largest absolute Gasteiger partial charge is 0.380 e. The van der Waals surface area contributed by atoms with Crippen LogP contribution in [0.2, 0.25) is 0 Å². The minimum Gasteiger partial charge on any atom is -0.380 e. The van der Waals surface area contributed by atoms with Crippen molar-refractivity contribution < 1.29 is 0 Å². The van der Waals surface area contributed by atoms with Crippen LogP contribution in [-0.4, -0.2) is 4.98 Å². The molecule has 0 aliphatic heterocycles. The lowest BCUT2D eigenvalue weighted by molar-refractivity contribution is 1.10. The number of pyridine rings is 1. The molecule has 0 bridgehead atoms. The van der Waals surface area contributed by atoms with Gasteiger partial charge in [-0.1, -0.05) is 12.1 Å². The maximum Gasteiger partial charge on any atom is 0.106 e. The van der Waals surface area contributed by atoms with E-state index in [9.17, 15) is 0 Å². The molecule has 1 heterocycles. The van der Waals surface area contributed by atoms with E-state index in [0.29, 0.717) is 0 Å². The number of hydrogen-bond donors (Lipinski definition) is 1. The number of halogens is 2. The van der Waals surface area contributed by atoms with E-state index in [1.807, 2.05) is 19.1 Å². The lowest BCUT2D eigenvalue weighted by Crippen LogP contribution is -2.02. The Bertz CT molecular complexity index is 511. The van der Waals surface area contributed by atoms with E-state index in [0.717, 1.165) is 22.5 Å². The van der Waals surface area contributed by atoms with Gasteiger partial charge in [0.25, 0.3) is 0 Å². The standard InChI is InChI=1S/C13H12BrIN2/c1-9-12(6-7-13(14)17-9)16-8-10-2-4-11(15)5-3-10/h2-7,16H,8H2,1H3. The average Bonchev–Trinajstić information content (AvgIpc) is 2.30. The van der Waals surface area contributed by atoms with E-state index < -0.39 is 0 Å². The maximum atomic E-state index is 4.35. The molecule has 2 rings (SSSR count). The van der Waals surface area contributed by atoms with Gasteiger partial charge in [0.05, 0.1) is 11.4 Å². The highest BCUT2D eigenvalue weighted by atomic mass is 127. The van der Waals surface area contributed by atoms with Crippen molar-refractivity contribution in [1.82, 2.24) is 4.98 Å². The summed E-state index contributed by atoms with van der Waals surface area (Å²) in [6.45, 7) is 2.82. The summed E-state index contributed by atoms with van der Waals surface area (Å²) < 4.78 is 2.13. The SMILES string of the molecule is Cc1nc(Br)ccc1NCc1ccc(I)cc1. The van der Waals surface area contributed by atoms with Crippen molar-refractivity contribution in [3.8, 4) is 0 Å². The first kappa shape index (κ1) is 12.8. The molecule has 0 atom stereocenters. The van der Waals surface area contributed by atoms with E-state index in [4.69, 9.17) is 0 Å². The minimum atomic E-state index is 0.821. The third-order valence-corrected chi connectivity index (χ3v) is 3.61. The highest BCUT2D eigenvalue weighted by Crippen LogP contribution is 2.17. The van der Waals surface area contributed by atoms with Gasteiger partial charge in [-0.05, 0) is 75.3 Å². The van der Waals surface area contributed by atoms with Gasteiger partial charge in [0.15, 0.2) is 0 Å². The molecule has 0 spiro atoms. The zero-order valence-corrected chi connectivity index (χ0v) is 13.1. The van der Waals surface area contributed by atoms with E-state index in [2.05, 4.69) is 73.1 Å². The van der Waals surface area contributed by atoms with Crippen molar-refractivity contribution in [2.24, 2.45) is 0 Å². The number of benzene rings is 1. The zero-order chi connectivity index (χ0) is 12.3. The summed E-state index contributed by atoms with van der Waals surface area (Å²) in [6, 6.07) is 12.5. The van der Waals surface area contributed by atoms with Gasteiger partial charge < -0.3 is 5.32 Å². The predicted molar refractivity (Wildman–Crippen MR) is 83.2 cm³/mol. The highest BCUT2D eigenvalue weighted by Gasteiger charge is 2.00. The van der Waals surface area contributed by atoms with Crippen LogP contribution in [0, 0.1) is 10.5 Å². The van der Waals surface area contributed by atoms with E-state index in [1.54, 1.807) is 0 Å². The Morgan fingerprint density at radius 2 is 1.88 bits per heavy atom. The Hall–Kier alpha value is -0.620. The summed E-state index contributed by atoms with van der Waals surface area (Å²) in [6.07, 6.45) is 0. The van der Waals surface area contributed by atoms with E-state index in [1.165, 1.54) is 9.13 Å². The van der Waals surface area contributed by atoms with Gasteiger partial charge in [-0.15, -0.1) is 0 Å². The molecular formula is C13H12BrIN2. The molecule has 0 aliphatic carbocycles. The quantitative estimate of drug-likeness (QED) is 0.609. The van der Waals surface area contributed by atoms with Crippen LogP contribution >= 0.6 is 38.5 Å². The van der Waals surface area contributed by atoms with Crippen LogP contribution in [0.1, 0.15) is 11.3 Å². The van der Waals surface area contributed by atoms with Crippen molar-refractivity contribution >= 4 is 44.2 Å². The summed E-state index contributed by atoms with van der Waals surface area (Å²) in [5.74, 6) is 0. The Labute approximate surface area is 123 Å². The van der Waals surface area contributed by atoms with Gasteiger partial charge >= 0.3 is 0 Å². The Balaban J connectivity index is 2.04. The first-order valence-electron chi connectivity index (χ1n) is 5.26. The van der Waals surface area contributed by atoms with Gasteiger partial charge in [0, 0.05) is 10.1 Å². The van der Waals surface area contributed by atoms with Crippen LogP contribution in [0.4, 0.5) is 5.69 Å². The van der Waals surface area contributed by atoms with E-state index in [-0.39, 0.29) is 0 Å². The Morgan fingerprint density at radius 3 is 2.53 bits per heavy atom. The second-order valence-electron chi connectivity index (χ2n) is 3.75. The second-order valence-corrected chi connectivity index (χ2v) is 5.81. The fraction of sp³-hybridized carbons (Fsp3) is 0.154. The maximum absolute atomic E-state index is 4.35. The molecule has 1 aromatic carbocycles. The van der Waals surface area contributed by atoms with Crippen molar-refractivity contribution in [2.45, 2.75) is 13.5 Å². The molecule has 0 unspecified atom stereocenters. The molecule has 0 amide bonds. The smallest absolute Gasteiger partial charge is 0.106 e. The number of rotatable bonds is 3. The molecule has 0 fully saturated rings. The summed E-state index contributed by atoms with van der Waals surface area (Å²) >= 11 is 5.67. The molecule has 0 saturated carbocycles. The van der Waals surface area contributed by atoms with Crippen LogP contribution in [0.25, 0.3) is 0 Å². The van der Waals surface area contributed by atoms with Crippen LogP contribution in [0.3, 0.4) is 0 Å². The molecule has 88 valence electrons. The Kier molecular flexibility index (Phi) is 4.39. The fourth-order valence-corrected chi connectivity index (χ4v) is 2.27. The molecule has 17 heavy (non-hydrogen) atoms. The second kappa shape index (κ2) is 5.82. The van der Waals surface area contributed by atoms with Crippen molar-refractivity contribution in [1.29, 1.82) is 0 Å². The molecular weight excluding hydrogens is 391 g/mol. The molecule has 0 aliphatic rings. The predicted octanol–water partition coefficient (Wildman–Crippen LogP) is 4.37. The van der Waals surface area contributed by atoms with Crippen LogP contribution in [-0.2, 0) is 6.54 Å². The number of hydrogen-bond acceptors (Lipinski definition) is 2. The molecule has 1 N–H and O–H groups in total. The lowest BCUT2D eigenvalue weighted by atomic mass is 10.2. The molecule has 4 heteroatoms. The first-order valence-corrected chi connectivity index (χ1v) is 7.14. The van der Waals surface area contributed by atoms with Crippen LogP contribution in [0.5, 0.6) is 0 Å². The topological polar surface area (TPSA) is 24.9 Å². The molecule has 2 nitrogen and oxygen atoms in total. The third kappa shape index (κ3) is 3.67. The van der Waals surface area contributed by atoms with Crippen LogP contribution in [0.15, 0.2) is 41.0 Å². The summed E-state index contributed by atoms with van der Waals surface area (Å²) in [5.41, 5.74) is 3.35. The van der Waals surface area contributed by atoms with Gasteiger partial charge in [-0.3, -0.25) is 0 Å². The van der Waals surface area contributed by atoms with Crippen molar-refractivity contribution in [2.75, 3.05) is 5.32 Å². The zero-order valence-electron chi connectivity index (χ0n) is 9.37. The fourth-order valence-electron chi connectivity index (χ4n) is 1.52. The van der Waals surface area contributed by atoms with Gasteiger partial charge in [0.2, 0.25) is 0 Å². The van der Waals surface area contributed by atoms with Gasteiger partial charge in [-0.25, -0.2) is 4.98 Å². The third-order valence-electron chi connectivity index (χ3n) is 2.45. The van der Waals surface area contributed by atoms with E-state index >= 15 is 0 Å². The number of aromatic nitrogens is 1. The average molecular weight is 403 g/mol. The molecule has 2 aromatic rings. The highest BCUT2D eigenvalue weighted by molar-refractivity contribution is 14.1. The monoisotopic (exact) mass is 402 g/mol.